The number of ether oxygens (including phenoxy) is 1. The maximum Gasteiger partial charge on any atom is 0.181 e. The van der Waals surface area contributed by atoms with Crippen LogP contribution in [0.5, 0.6) is 0 Å². The Bertz CT molecular complexity index is 584. The molecule has 1 aliphatic heterocycles. The predicted octanol–water partition coefficient (Wildman–Crippen LogP) is -1.53. The van der Waals surface area contributed by atoms with Crippen LogP contribution in [-0.2, 0) is 4.74 Å². The minimum absolute atomic E-state index is 0.245. The van der Waals surface area contributed by atoms with Gasteiger partial charge in [-0.2, -0.15) is 5.10 Å². The highest BCUT2D eigenvalue weighted by molar-refractivity contribution is 5.67. The second kappa shape index (κ2) is 4.87. The highest BCUT2D eigenvalue weighted by Crippen LogP contribution is 2.33. The van der Waals surface area contributed by atoms with Gasteiger partial charge in [0.2, 0.25) is 0 Å². The van der Waals surface area contributed by atoms with Crippen molar-refractivity contribution in [3.05, 3.63) is 18.6 Å². The standard InChI is InChI=1S/C11H15N5O4/c12-9-5(10-13-1-2-14-10)3-15-16(9)11-8(19)7(18)6(4-17)20-11/h1-3,6-8,11,17-19H,4,12H2,(H,13,14)/t6-,7-,8-,11-/m1/s1. The second-order valence-electron chi connectivity index (χ2n) is 4.55. The van der Waals surface area contributed by atoms with E-state index < -0.39 is 31.1 Å². The van der Waals surface area contributed by atoms with E-state index in [9.17, 15) is 10.2 Å². The van der Waals surface area contributed by atoms with Gasteiger partial charge in [-0.15, -0.1) is 0 Å². The lowest BCUT2D eigenvalue weighted by atomic mass is 10.1. The zero-order chi connectivity index (χ0) is 14.3. The van der Waals surface area contributed by atoms with Crippen LogP contribution < -0.4 is 5.73 Å². The number of hydrogen-bond donors (Lipinski definition) is 5. The molecule has 1 saturated heterocycles. The molecular formula is C11H15N5O4. The van der Waals surface area contributed by atoms with E-state index >= 15 is 0 Å². The summed E-state index contributed by atoms with van der Waals surface area (Å²) in [5, 5.41) is 32.8. The lowest BCUT2D eigenvalue weighted by molar-refractivity contribution is -0.0574. The van der Waals surface area contributed by atoms with Crippen molar-refractivity contribution >= 4 is 5.82 Å². The van der Waals surface area contributed by atoms with Crippen LogP contribution in [0.15, 0.2) is 18.6 Å². The Morgan fingerprint density at radius 3 is 2.80 bits per heavy atom. The maximum atomic E-state index is 9.95. The number of aromatic amines is 1. The predicted molar refractivity (Wildman–Crippen MR) is 67.2 cm³/mol. The Hall–Kier alpha value is -1.94. The van der Waals surface area contributed by atoms with Gasteiger partial charge in [0.15, 0.2) is 6.23 Å². The third kappa shape index (κ3) is 1.88. The van der Waals surface area contributed by atoms with Gasteiger partial charge in [0, 0.05) is 12.4 Å². The second-order valence-corrected chi connectivity index (χ2v) is 4.55. The smallest absolute Gasteiger partial charge is 0.181 e. The quantitative estimate of drug-likeness (QED) is 0.459. The van der Waals surface area contributed by atoms with E-state index in [4.69, 9.17) is 15.6 Å². The first-order valence-corrected chi connectivity index (χ1v) is 6.08. The maximum absolute atomic E-state index is 9.95. The number of nitrogens with one attached hydrogen (secondary N) is 1. The molecule has 0 unspecified atom stereocenters. The fourth-order valence-electron chi connectivity index (χ4n) is 2.25. The number of aliphatic hydroxyl groups is 3. The van der Waals surface area contributed by atoms with E-state index in [1.807, 2.05) is 0 Å². The van der Waals surface area contributed by atoms with E-state index in [2.05, 4.69) is 15.1 Å². The zero-order valence-corrected chi connectivity index (χ0v) is 10.4. The Morgan fingerprint density at radius 2 is 2.20 bits per heavy atom. The molecule has 0 radical (unpaired) electrons. The van der Waals surface area contributed by atoms with Gasteiger partial charge in [-0.05, 0) is 0 Å². The van der Waals surface area contributed by atoms with Crippen LogP contribution in [0.3, 0.4) is 0 Å². The normalized spacial score (nSPS) is 29.9. The fraction of sp³-hybridized carbons (Fsp3) is 0.455. The van der Waals surface area contributed by atoms with Crippen molar-refractivity contribution in [3.63, 3.8) is 0 Å². The molecule has 6 N–H and O–H groups in total. The third-order valence-corrected chi connectivity index (χ3v) is 3.35. The number of nitrogen functional groups attached to an aromatic ring is 1. The molecule has 1 fully saturated rings. The van der Waals surface area contributed by atoms with Crippen LogP contribution in [0.25, 0.3) is 11.4 Å². The lowest BCUT2D eigenvalue weighted by Gasteiger charge is -2.16. The Labute approximate surface area is 113 Å². The average Bonchev–Trinajstić information content (AvgIpc) is 3.13. The first-order chi connectivity index (χ1) is 9.63. The number of nitrogens with two attached hydrogens (primary N) is 1. The number of hydrogen-bond acceptors (Lipinski definition) is 7. The number of imidazole rings is 1. The number of nitrogens with zero attached hydrogens (tertiary/aromatic N) is 3. The molecule has 0 aromatic carbocycles. The molecule has 0 spiro atoms. The monoisotopic (exact) mass is 281 g/mol. The minimum Gasteiger partial charge on any atom is -0.394 e. The summed E-state index contributed by atoms with van der Waals surface area (Å²) in [5.41, 5.74) is 6.54. The molecule has 20 heavy (non-hydrogen) atoms. The molecule has 0 amide bonds. The molecule has 0 bridgehead atoms. The molecule has 3 heterocycles. The first kappa shape index (κ1) is 13.1. The van der Waals surface area contributed by atoms with Crippen LogP contribution in [0.1, 0.15) is 6.23 Å². The summed E-state index contributed by atoms with van der Waals surface area (Å²) >= 11 is 0. The SMILES string of the molecule is Nc1c(-c2ncc[nH]2)cnn1[C@@H]1O[C@H](CO)[C@@H](O)[C@H]1O. The number of aromatic nitrogens is 4. The van der Waals surface area contributed by atoms with Crippen molar-refractivity contribution in [2.75, 3.05) is 12.3 Å². The van der Waals surface area contributed by atoms with Crippen molar-refractivity contribution < 1.29 is 20.1 Å². The van der Waals surface area contributed by atoms with Crippen molar-refractivity contribution in [2.45, 2.75) is 24.5 Å². The summed E-state index contributed by atoms with van der Waals surface area (Å²) in [7, 11) is 0. The van der Waals surface area contributed by atoms with Gasteiger partial charge in [-0.25, -0.2) is 9.67 Å². The van der Waals surface area contributed by atoms with E-state index in [-0.39, 0.29) is 5.82 Å². The molecule has 2 aromatic heterocycles. The highest BCUT2D eigenvalue weighted by atomic mass is 16.6. The van der Waals surface area contributed by atoms with E-state index in [0.717, 1.165) is 0 Å². The van der Waals surface area contributed by atoms with Gasteiger partial charge in [0.25, 0.3) is 0 Å². The lowest BCUT2D eigenvalue weighted by Crippen LogP contribution is -2.33. The van der Waals surface area contributed by atoms with Gasteiger partial charge in [-0.3, -0.25) is 0 Å². The number of H-pyrrole nitrogens is 1. The topological polar surface area (TPSA) is 142 Å². The largest absolute Gasteiger partial charge is 0.394 e. The van der Waals surface area contributed by atoms with Crippen molar-refractivity contribution in [1.82, 2.24) is 19.7 Å². The van der Waals surface area contributed by atoms with Gasteiger partial charge in [0.1, 0.15) is 30.0 Å². The molecule has 1 aliphatic rings. The minimum atomic E-state index is -1.22. The summed E-state index contributed by atoms with van der Waals surface area (Å²) < 4.78 is 6.64. The Kier molecular flexibility index (Phi) is 3.18. The summed E-state index contributed by atoms with van der Waals surface area (Å²) in [6, 6.07) is 0. The molecule has 108 valence electrons. The summed E-state index contributed by atoms with van der Waals surface area (Å²) in [4.78, 5) is 6.97. The van der Waals surface area contributed by atoms with Crippen molar-refractivity contribution in [2.24, 2.45) is 0 Å². The summed E-state index contributed by atoms with van der Waals surface area (Å²) in [5.74, 6) is 0.787. The molecular weight excluding hydrogens is 266 g/mol. The third-order valence-electron chi connectivity index (χ3n) is 3.35. The van der Waals surface area contributed by atoms with Crippen LogP contribution in [0.4, 0.5) is 5.82 Å². The van der Waals surface area contributed by atoms with Gasteiger partial charge >= 0.3 is 0 Å². The fourth-order valence-corrected chi connectivity index (χ4v) is 2.25. The molecule has 0 aliphatic carbocycles. The van der Waals surface area contributed by atoms with Crippen molar-refractivity contribution in [3.8, 4) is 11.4 Å². The van der Waals surface area contributed by atoms with Crippen molar-refractivity contribution in [1.29, 1.82) is 0 Å². The molecule has 9 nitrogen and oxygen atoms in total. The molecule has 3 rings (SSSR count). The Morgan fingerprint density at radius 1 is 1.40 bits per heavy atom. The van der Waals surface area contributed by atoms with Crippen LogP contribution in [-0.4, -0.2) is 60.0 Å². The number of aliphatic hydroxyl groups excluding tert-OH is 3. The number of anilines is 1. The van der Waals surface area contributed by atoms with Gasteiger partial charge < -0.3 is 30.8 Å². The van der Waals surface area contributed by atoms with Crippen LogP contribution >= 0.6 is 0 Å². The molecule has 0 saturated carbocycles. The number of rotatable bonds is 3. The van der Waals surface area contributed by atoms with Crippen LogP contribution in [0, 0.1) is 0 Å². The summed E-state index contributed by atoms with van der Waals surface area (Å²) in [6.45, 7) is -0.402. The van der Waals surface area contributed by atoms with Gasteiger partial charge in [-0.1, -0.05) is 0 Å². The Balaban J connectivity index is 1.92. The van der Waals surface area contributed by atoms with E-state index in [1.54, 1.807) is 12.4 Å². The highest BCUT2D eigenvalue weighted by Gasteiger charge is 2.44. The molecule has 2 aromatic rings. The average molecular weight is 281 g/mol. The zero-order valence-electron chi connectivity index (χ0n) is 10.4. The van der Waals surface area contributed by atoms with Gasteiger partial charge in [0.05, 0.1) is 18.4 Å². The van der Waals surface area contributed by atoms with E-state index in [0.29, 0.717) is 11.4 Å². The summed E-state index contributed by atoms with van der Waals surface area (Å²) in [6.07, 6.45) is 0.482. The first-order valence-electron chi connectivity index (χ1n) is 6.08. The molecule has 4 atom stereocenters. The van der Waals surface area contributed by atoms with E-state index in [1.165, 1.54) is 10.9 Å². The molecule has 9 heteroatoms. The van der Waals surface area contributed by atoms with Crippen LogP contribution in [0.2, 0.25) is 0 Å².